The van der Waals surface area contributed by atoms with Crippen molar-refractivity contribution < 1.29 is 9.59 Å². The predicted octanol–water partition coefficient (Wildman–Crippen LogP) is -0.200. The van der Waals surface area contributed by atoms with Crippen LogP contribution >= 0.6 is 0 Å². The lowest BCUT2D eigenvalue weighted by Gasteiger charge is -2.23. The van der Waals surface area contributed by atoms with Gasteiger partial charge in [-0.05, 0) is 18.6 Å². The average Bonchev–Trinajstić information content (AvgIpc) is 2.79. The minimum atomic E-state index is -0.302. The monoisotopic (exact) mass is 290 g/mol. The van der Waals surface area contributed by atoms with Crippen LogP contribution in [0.2, 0.25) is 0 Å². The van der Waals surface area contributed by atoms with Crippen molar-refractivity contribution in [1.29, 1.82) is 0 Å². The van der Waals surface area contributed by atoms with Gasteiger partial charge in [0.2, 0.25) is 11.8 Å². The summed E-state index contributed by atoms with van der Waals surface area (Å²) in [6, 6.07) is 10.2. The van der Waals surface area contributed by atoms with E-state index >= 15 is 0 Å². The Morgan fingerprint density at radius 2 is 1.86 bits per heavy atom. The van der Waals surface area contributed by atoms with Gasteiger partial charge in [-0.2, -0.15) is 0 Å². The van der Waals surface area contributed by atoms with Crippen LogP contribution in [0.15, 0.2) is 30.3 Å². The molecule has 6 nitrogen and oxygen atoms in total. The van der Waals surface area contributed by atoms with Gasteiger partial charge in [0, 0.05) is 31.9 Å². The van der Waals surface area contributed by atoms with Gasteiger partial charge in [-0.25, -0.2) is 0 Å². The number of amides is 2. The molecule has 0 spiro atoms. The predicted molar refractivity (Wildman–Crippen MR) is 81.9 cm³/mol. The average molecular weight is 290 g/mol. The highest BCUT2D eigenvalue weighted by atomic mass is 16.2. The van der Waals surface area contributed by atoms with Crippen molar-refractivity contribution >= 4 is 17.5 Å². The van der Waals surface area contributed by atoms with Gasteiger partial charge in [0.05, 0.1) is 13.1 Å². The number of nitrogens with two attached hydrogens (primary N) is 1. The Kier molecular flexibility index (Phi) is 5.57. The van der Waals surface area contributed by atoms with E-state index in [4.69, 9.17) is 5.73 Å². The van der Waals surface area contributed by atoms with Crippen molar-refractivity contribution in [1.82, 2.24) is 10.2 Å². The van der Waals surface area contributed by atoms with Gasteiger partial charge in [0.15, 0.2) is 0 Å². The summed E-state index contributed by atoms with van der Waals surface area (Å²) in [4.78, 5) is 27.2. The topological polar surface area (TPSA) is 78.7 Å². The summed E-state index contributed by atoms with van der Waals surface area (Å²) in [6.45, 7) is 3.08. The smallest absolute Gasteiger partial charge is 0.242 e. The third kappa shape index (κ3) is 4.46. The van der Waals surface area contributed by atoms with E-state index in [2.05, 4.69) is 22.3 Å². The van der Waals surface area contributed by atoms with Crippen molar-refractivity contribution in [2.75, 3.05) is 44.2 Å². The van der Waals surface area contributed by atoms with E-state index in [1.165, 1.54) is 5.69 Å². The van der Waals surface area contributed by atoms with E-state index in [-0.39, 0.29) is 24.9 Å². The maximum absolute atomic E-state index is 12.1. The summed E-state index contributed by atoms with van der Waals surface area (Å²) in [5, 5.41) is 2.52. The first kappa shape index (κ1) is 15.3. The van der Waals surface area contributed by atoms with Crippen LogP contribution in [0.25, 0.3) is 0 Å². The van der Waals surface area contributed by atoms with Gasteiger partial charge in [0.1, 0.15) is 0 Å². The summed E-state index contributed by atoms with van der Waals surface area (Å²) in [5.74, 6) is -0.351. The maximum atomic E-state index is 12.1. The summed E-state index contributed by atoms with van der Waals surface area (Å²) >= 11 is 0. The van der Waals surface area contributed by atoms with E-state index < -0.39 is 0 Å². The molecule has 3 N–H and O–H groups in total. The molecule has 1 aromatic carbocycles. The Balaban J connectivity index is 1.86. The lowest BCUT2D eigenvalue weighted by molar-refractivity contribution is -0.132. The molecule has 0 saturated carbocycles. The zero-order valence-corrected chi connectivity index (χ0v) is 12.1. The molecule has 1 saturated heterocycles. The quantitative estimate of drug-likeness (QED) is 0.805. The lowest BCUT2D eigenvalue weighted by atomic mass is 10.3. The highest BCUT2D eigenvalue weighted by Crippen LogP contribution is 2.15. The third-order valence-corrected chi connectivity index (χ3v) is 3.59. The van der Waals surface area contributed by atoms with Gasteiger partial charge in [-0.1, -0.05) is 18.2 Å². The molecule has 0 radical (unpaired) electrons. The summed E-state index contributed by atoms with van der Waals surface area (Å²) in [7, 11) is 0. The normalized spacial score (nSPS) is 15.5. The molecule has 2 rings (SSSR count). The van der Waals surface area contributed by atoms with Crippen molar-refractivity contribution in [3.8, 4) is 0 Å². The summed E-state index contributed by atoms with van der Waals surface area (Å²) < 4.78 is 0. The van der Waals surface area contributed by atoms with Crippen molar-refractivity contribution in [2.45, 2.75) is 6.42 Å². The minimum absolute atomic E-state index is 0.0291. The molecule has 1 aliphatic rings. The van der Waals surface area contributed by atoms with E-state index in [0.717, 1.165) is 26.1 Å². The first-order valence-corrected chi connectivity index (χ1v) is 7.25. The maximum Gasteiger partial charge on any atom is 0.242 e. The molecule has 1 fully saturated rings. The standard InChI is InChI=1S/C15H22N4O2/c16-11-14(20)17-12-15(21)19-8-4-7-18(9-10-19)13-5-2-1-3-6-13/h1-3,5-6H,4,7-12,16H2,(H,17,20). The molecule has 0 aromatic heterocycles. The second-order valence-corrected chi connectivity index (χ2v) is 5.04. The second kappa shape index (κ2) is 7.64. The van der Waals surface area contributed by atoms with E-state index in [0.29, 0.717) is 6.54 Å². The van der Waals surface area contributed by atoms with Crippen LogP contribution < -0.4 is 16.0 Å². The first-order chi connectivity index (χ1) is 10.2. The van der Waals surface area contributed by atoms with Crippen molar-refractivity contribution in [3.05, 3.63) is 30.3 Å². The van der Waals surface area contributed by atoms with Crippen LogP contribution in [0.4, 0.5) is 5.69 Å². The van der Waals surface area contributed by atoms with Gasteiger partial charge in [-0.3, -0.25) is 9.59 Å². The molecular formula is C15H22N4O2. The molecule has 0 unspecified atom stereocenters. The Labute approximate surface area is 124 Å². The van der Waals surface area contributed by atoms with E-state index in [9.17, 15) is 9.59 Å². The van der Waals surface area contributed by atoms with Gasteiger partial charge in [-0.15, -0.1) is 0 Å². The number of carbonyl (C=O) groups excluding carboxylic acids is 2. The number of anilines is 1. The van der Waals surface area contributed by atoms with Gasteiger partial charge < -0.3 is 20.9 Å². The highest BCUT2D eigenvalue weighted by molar-refractivity contribution is 5.85. The lowest BCUT2D eigenvalue weighted by Crippen LogP contribution is -2.43. The third-order valence-electron chi connectivity index (χ3n) is 3.59. The summed E-state index contributed by atoms with van der Waals surface area (Å²) in [5.41, 5.74) is 6.38. The molecule has 1 heterocycles. The molecule has 21 heavy (non-hydrogen) atoms. The molecule has 1 aromatic rings. The highest BCUT2D eigenvalue weighted by Gasteiger charge is 2.19. The van der Waals surface area contributed by atoms with Gasteiger partial charge in [0.25, 0.3) is 0 Å². The Hall–Kier alpha value is -2.08. The number of benzene rings is 1. The van der Waals surface area contributed by atoms with Crippen LogP contribution in [-0.2, 0) is 9.59 Å². The fraction of sp³-hybridized carbons (Fsp3) is 0.467. The van der Waals surface area contributed by atoms with Crippen molar-refractivity contribution in [2.24, 2.45) is 5.73 Å². The van der Waals surface area contributed by atoms with E-state index in [1.807, 2.05) is 18.2 Å². The molecule has 0 aliphatic carbocycles. The molecule has 0 atom stereocenters. The fourth-order valence-corrected chi connectivity index (χ4v) is 2.42. The van der Waals surface area contributed by atoms with Crippen LogP contribution in [0.5, 0.6) is 0 Å². The number of para-hydroxylation sites is 1. The Morgan fingerprint density at radius 1 is 1.10 bits per heavy atom. The number of hydrogen-bond donors (Lipinski definition) is 2. The fourth-order valence-electron chi connectivity index (χ4n) is 2.42. The Bertz CT molecular complexity index is 478. The number of carbonyl (C=O) groups is 2. The van der Waals surface area contributed by atoms with Crippen molar-refractivity contribution in [3.63, 3.8) is 0 Å². The first-order valence-electron chi connectivity index (χ1n) is 7.25. The molecular weight excluding hydrogens is 268 g/mol. The number of nitrogens with zero attached hydrogens (tertiary/aromatic N) is 2. The number of rotatable bonds is 4. The van der Waals surface area contributed by atoms with E-state index in [1.54, 1.807) is 4.90 Å². The summed E-state index contributed by atoms with van der Waals surface area (Å²) in [6.07, 6.45) is 0.922. The molecule has 114 valence electrons. The Morgan fingerprint density at radius 3 is 2.57 bits per heavy atom. The molecule has 1 aliphatic heterocycles. The minimum Gasteiger partial charge on any atom is -0.370 e. The van der Waals surface area contributed by atoms with Gasteiger partial charge >= 0.3 is 0 Å². The number of hydrogen-bond acceptors (Lipinski definition) is 4. The van der Waals surface area contributed by atoms with Crippen LogP contribution in [0, 0.1) is 0 Å². The molecule has 2 amide bonds. The molecule has 6 heteroatoms. The van der Waals surface area contributed by atoms with Crippen LogP contribution in [-0.4, -0.2) is 56.0 Å². The number of nitrogens with one attached hydrogen (secondary N) is 1. The zero-order valence-electron chi connectivity index (χ0n) is 12.1. The zero-order chi connectivity index (χ0) is 15.1. The SMILES string of the molecule is NCC(=O)NCC(=O)N1CCCN(c2ccccc2)CC1. The molecule has 0 bridgehead atoms. The second-order valence-electron chi connectivity index (χ2n) is 5.04. The van der Waals surface area contributed by atoms with Crippen LogP contribution in [0.1, 0.15) is 6.42 Å². The van der Waals surface area contributed by atoms with Crippen LogP contribution in [0.3, 0.4) is 0 Å². The largest absolute Gasteiger partial charge is 0.370 e.